The van der Waals surface area contributed by atoms with Crippen molar-refractivity contribution in [3.63, 3.8) is 0 Å². The Labute approximate surface area is 127 Å². The number of nitrogen functional groups attached to an aromatic ring is 1. The van der Waals surface area contributed by atoms with Crippen LogP contribution in [0.15, 0.2) is 23.1 Å². The van der Waals surface area contributed by atoms with Crippen LogP contribution < -0.4 is 5.73 Å². The van der Waals surface area contributed by atoms with Gasteiger partial charge in [-0.25, -0.2) is 8.42 Å². The summed E-state index contributed by atoms with van der Waals surface area (Å²) in [4.78, 5) is 0.324. The van der Waals surface area contributed by atoms with Crippen molar-refractivity contribution in [2.24, 2.45) is 0 Å². The molecule has 6 heteroatoms. The third-order valence-electron chi connectivity index (χ3n) is 4.21. The van der Waals surface area contributed by atoms with Crippen molar-refractivity contribution in [1.29, 1.82) is 0 Å². The average Bonchev–Trinajstić information content (AvgIpc) is 2.47. The fourth-order valence-corrected chi connectivity index (χ4v) is 4.69. The maximum absolute atomic E-state index is 12.9. The smallest absolute Gasteiger partial charge is 0.243 e. The molecule has 5 nitrogen and oxygen atoms in total. The molecule has 1 saturated heterocycles. The highest BCUT2D eigenvalue weighted by Gasteiger charge is 2.37. The molecule has 1 heterocycles. The second kappa shape index (κ2) is 5.94. The molecule has 1 aromatic rings. The van der Waals surface area contributed by atoms with Gasteiger partial charge >= 0.3 is 0 Å². The van der Waals surface area contributed by atoms with E-state index in [2.05, 4.69) is 0 Å². The number of hydrogen-bond donors (Lipinski definition) is 1. The van der Waals surface area contributed by atoms with Crippen LogP contribution in [0.3, 0.4) is 0 Å². The van der Waals surface area contributed by atoms with Gasteiger partial charge < -0.3 is 10.5 Å². The summed E-state index contributed by atoms with van der Waals surface area (Å²) in [5, 5.41) is 0. The van der Waals surface area contributed by atoms with Gasteiger partial charge in [0, 0.05) is 25.9 Å². The van der Waals surface area contributed by atoms with Crippen LogP contribution in [0.25, 0.3) is 0 Å². The van der Waals surface area contributed by atoms with Crippen LogP contribution in [0, 0.1) is 0 Å². The lowest BCUT2D eigenvalue weighted by Crippen LogP contribution is -2.49. The first-order chi connectivity index (χ1) is 9.82. The Balaban J connectivity index is 2.40. The molecular weight excluding hydrogens is 288 g/mol. The zero-order valence-electron chi connectivity index (χ0n) is 12.9. The zero-order valence-corrected chi connectivity index (χ0v) is 13.7. The highest BCUT2D eigenvalue weighted by atomic mass is 32.2. The molecule has 1 atom stereocenters. The molecular formula is C15H24N2O3S. The van der Waals surface area contributed by atoms with Crippen molar-refractivity contribution in [2.45, 2.75) is 43.6 Å². The number of anilines is 1. The van der Waals surface area contributed by atoms with E-state index in [9.17, 15) is 8.42 Å². The molecule has 0 bridgehead atoms. The van der Waals surface area contributed by atoms with E-state index in [0.717, 1.165) is 18.4 Å². The predicted molar refractivity (Wildman–Crippen MR) is 83.6 cm³/mol. The highest BCUT2D eigenvalue weighted by Crippen LogP contribution is 2.30. The van der Waals surface area contributed by atoms with Crippen LogP contribution in [-0.2, 0) is 21.2 Å². The van der Waals surface area contributed by atoms with Gasteiger partial charge in [0.05, 0.1) is 10.5 Å². The fraction of sp³-hybridized carbons (Fsp3) is 0.600. The Morgan fingerprint density at radius 1 is 1.43 bits per heavy atom. The molecule has 0 amide bonds. The molecule has 0 saturated carbocycles. The summed E-state index contributed by atoms with van der Waals surface area (Å²) >= 11 is 0. The monoisotopic (exact) mass is 312 g/mol. The Morgan fingerprint density at radius 3 is 2.76 bits per heavy atom. The maximum atomic E-state index is 12.9. The lowest BCUT2D eigenvalue weighted by molar-refractivity contribution is -0.0319. The van der Waals surface area contributed by atoms with Gasteiger partial charge in [-0.15, -0.1) is 0 Å². The van der Waals surface area contributed by atoms with Crippen LogP contribution in [-0.4, -0.2) is 38.5 Å². The Hall–Kier alpha value is -1.11. The topological polar surface area (TPSA) is 72.6 Å². The second-order valence-corrected chi connectivity index (χ2v) is 7.72. The molecule has 1 aliphatic rings. The molecule has 1 fully saturated rings. The summed E-state index contributed by atoms with van der Waals surface area (Å²) in [5.74, 6) is 0. The molecule has 2 N–H and O–H groups in total. The van der Waals surface area contributed by atoms with Crippen LogP contribution in [0.4, 0.5) is 5.69 Å². The van der Waals surface area contributed by atoms with Gasteiger partial charge in [-0.3, -0.25) is 0 Å². The molecule has 1 unspecified atom stereocenters. The number of sulfonamides is 1. The average molecular weight is 312 g/mol. The molecule has 0 aliphatic carbocycles. The number of nitrogens with zero attached hydrogens (tertiary/aromatic N) is 1. The Kier molecular flexibility index (Phi) is 4.60. The van der Waals surface area contributed by atoms with Gasteiger partial charge in [-0.2, -0.15) is 4.31 Å². The van der Waals surface area contributed by atoms with Gasteiger partial charge in [0.25, 0.3) is 0 Å². The molecule has 1 aliphatic heterocycles. The SMILES string of the molecule is CCc1ccc(N)cc1S(=O)(=O)N1CCCC(C)(OC)C1. The van der Waals surface area contributed by atoms with Gasteiger partial charge in [0.15, 0.2) is 0 Å². The van der Waals surface area contributed by atoms with Crippen molar-refractivity contribution in [2.75, 3.05) is 25.9 Å². The summed E-state index contributed by atoms with van der Waals surface area (Å²) < 4.78 is 32.9. The van der Waals surface area contributed by atoms with E-state index in [1.807, 2.05) is 13.8 Å². The Bertz CT molecular complexity index is 615. The van der Waals surface area contributed by atoms with Crippen LogP contribution in [0.1, 0.15) is 32.3 Å². The molecule has 1 aromatic carbocycles. The van der Waals surface area contributed by atoms with Crippen molar-refractivity contribution in [1.82, 2.24) is 4.31 Å². The van der Waals surface area contributed by atoms with E-state index in [0.29, 0.717) is 30.1 Å². The van der Waals surface area contributed by atoms with E-state index in [4.69, 9.17) is 10.5 Å². The first-order valence-corrected chi connectivity index (χ1v) is 8.70. The minimum absolute atomic E-state index is 0.324. The number of methoxy groups -OCH3 is 1. The third kappa shape index (κ3) is 3.22. The normalized spacial score (nSPS) is 24.1. The number of hydrogen-bond acceptors (Lipinski definition) is 4. The summed E-state index contributed by atoms with van der Waals surface area (Å²) in [7, 11) is -1.90. The molecule has 0 aromatic heterocycles. The standard InChI is InChI=1S/C15H24N2O3S/c1-4-12-6-7-13(16)10-14(12)21(18,19)17-9-5-8-15(2,11-17)20-3/h6-7,10H,4-5,8-9,11,16H2,1-3H3. The van der Waals surface area contributed by atoms with E-state index in [1.165, 1.54) is 4.31 Å². The first-order valence-electron chi connectivity index (χ1n) is 7.26. The lowest BCUT2D eigenvalue weighted by atomic mass is 9.96. The number of ether oxygens (including phenoxy) is 1. The largest absolute Gasteiger partial charge is 0.399 e. The van der Waals surface area contributed by atoms with E-state index in [1.54, 1.807) is 25.3 Å². The number of rotatable bonds is 4. The molecule has 0 radical (unpaired) electrons. The maximum Gasteiger partial charge on any atom is 0.243 e. The zero-order chi connectivity index (χ0) is 15.7. The van der Waals surface area contributed by atoms with Crippen molar-refractivity contribution in [3.8, 4) is 0 Å². The summed E-state index contributed by atoms with van der Waals surface area (Å²) in [6, 6.07) is 5.10. The molecule has 0 spiro atoms. The number of benzene rings is 1. The van der Waals surface area contributed by atoms with Gasteiger partial charge in [0.1, 0.15) is 0 Å². The number of nitrogens with two attached hydrogens (primary N) is 1. The molecule has 118 valence electrons. The third-order valence-corrected chi connectivity index (χ3v) is 6.13. The minimum Gasteiger partial charge on any atom is -0.399 e. The van der Waals surface area contributed by atoms with Gasteiger partial charge in [-0.1, -0.05) is 13.0 Å². The van der Waals surface area contributed by atoms with E-state index >= 15 is 0 Å². The summed E-state index contributed by atoms with van der Waals surface area (Å²) in [6.45, 7) is 4.80. The fourth-order valence-electron chi connectivity index (χ4n) is 2.77. The van der Waals surface area contributed by atoms with Crippen molar-refractivity contribution in [3.05, 3.63) is 23.8 Å². The minimum atomic E-state index is -3.54. The van der Waals surface area contributed by atoms with Crippen LogP contribution >= 0.6 is 0 Å². The Morgan fingerprint density at radius 2 is 2.14 bits per heavy atom. The quantitative estimate of drug-likeness (QED) is 0.863. The number of aryl methyl sites for hydroxylation is 1. The van der Waals surface area contributed by atoms with E-state index in [-0.39, 0.29) is 0 Å². The van der Waals surface area contributed by atoms with E-state index < -0.39 is 15.6 Å². The van der Waals surface area contributed by atoms with Crippen LogP contribution in [0.5, 0.6) is 0 Å². The molecule has 2 rings (SSSR count). The second-order valence-electron chi connectivity index (χ2n) is 5.82. The first kappa shape index (κ1) is 16.3. The lowest BCUT2D eigenvalue weighted by Gasteiger charge is -2.38. The van der Waals surface area contributed by atoms with Gasteiger partial charge in [-0.05, 0) is 43.9 Å². The summed E-state index contributed by atoms with van der Waals surface area (Å²) in [5.41, 5.74) is 6.63. The highest BCUT2D eigenvalue weighted by molar-refractivity contribution is 7.89. The van der Waals surface area contributed by atoms with Crippen molar-refractivity contribution < 1.29 is 13.2 Å². The molecule has 21 heavy (non-hydrogen) atoms. The summed E-state index contributed by atoms with van der Waals surface area (Å²) in [6.07, 6.45) is 2.32. The van der Waals surface area contributed by atoms with Gasteiger partial charge in [0.2, 0.25) is 10.0 Å². The predicted octanol–water partition coefficient (Wildman–Crippen LogP) is 2.02. The van der Waals surface area contributed by atoms with Crippen molar-refractivity contribution >= 4 is 15.7 Å². The number of piperidine rings is 1. The van der Waals surface area contributed by atoms with Crippen LogP contribution in [0.2, 0.25) is 0 Å².